The molecule has 3 unspecified atom stereocenters. The first-order chi connectivity index (χ1) is 11.1. The van der Waals surface area contributed by atoms with Crippen LogP contribution in [0.2, 0.25) is 0 Å². The molecule has 7 nitrogen and oxygen atoms in total. The molecule has 4 N–H and O–H groups in total. The van der Waals surface area contributed by atoms with E-state index in [9.17, 15) is 14.7 Å². The Bertz CT molecular complexity index is 480. The third-order valence-electron chi connectivity index (χ3n) is 3.89. The van der Waals surface area contributed by atoms with Crippen LogP contribution in [0.5, 0.6) is 0 Å². The van der Waals surface area contributed by atoms with Crippen molar-refractivity contribution >= 4 is 12.1 Å². The molecule has 0 saturated carbocycles. The topological polar surface area (TPSA) is 111 Å². The highest BCUT2D eigenvalue weighted by Gasteiger charge is 2.36. The summed E-state index contributed by atoms with van der Waals surface area (Å²) in [5.74, 6) is -1.03. The SMILES string of the molecule is CCC(CC)OC1C=C(C(=O)O)CC(NC(=O)OC(C)(C)C)C1N. The molecular formula is C17H30N2O5. The second kappa shape index (κ2) is 8.48. The molecule has 24 heavy (non-hydrogen) atoms. The average molecular weight is 342 g/mol. The maximum atomic E-state index is 12.0. The first-order valence-electron chi connectivity index (χ1n) is 8.41. The molecule has 1 rings (SSSR count). The van der Waals surface area contributed by atoms with Gasteiger partial charge in [0.05, 0.1) is 24.3 Å². The Balaban J connectivity index is 2.88. The molecular weight excluding hydrogens is 312 g/mol. The van der Waals surface area contributed by atoms with Gasteiger partial charge in [-0.25, -0.2) is 9.59 Å². The minimum Gasteiger partial charge on any atom is -0.478 e. The van der Waals surface area contributed by atoms with Crippen LogP contribution in [0.1, 0.15) is 53.9 Å². The number of aliphatic carboxylic acids is 1. The van der Waals surface area contributed by atoms with Crippen LogP contribution in [0.15, 0.2) is 11.6 Å². The lowest BCUT2D eigenvalue weighted by Crippen LogP contribution is -2.57. The van der Waals surface area contributed by atoms with Crippen LogP contribution >= 0.6 is 0 Å². The standard InChI is InChI=1S/C17H30N2O5/c1-6-11(7-2)23-13-9-10(15(20)21)8-12(14(13)18)19-16(22)24-17(3,4)5/h9,11-14H,6-8,18H2,1-5H3,(H,19,22)(H,20,21). The largest absolute Gasteiger partial charge is 0.478 e. The number of carbonyl (C=O) groups excluding carboxylic acids is 1. The molecule has 138 valence electrons. The summed E-state index contributed by atoms with van der Waals surface area (Å²) in [6, 6.07) is -1.10. The van der Waals surface area contributed by atoms with Crippen LogP contribution in [-0.2, 0) is 14.3 Å². The van der Waals surface area contributed by atoms with Crippen LogP contribution in [0, 0.1) is 0 Å². The molecule has 0 fully saturated rings. The number of ether oxygens (including phenoxy) is 2. The summed E-state index contributed by atoms with van der Waals surface area (Å²) in [6.07, 6.45) is 2.12. The van der Waals surface area contributed by atoms with Crippen molar-refractivity contribution in [3.05, 3.63) is 11.6 Å². The average Bonchev–Trinajstić information content (AvgIpc) is 2.45. The van der Waals surface area contributed by atoms with Crippen molar-refractivity contribution in [1.29, 1.82) is 0 Å². The van der Waals surface area contributed by atoms with Crippen LogP contribution in [0.4, 0.5) is 4.79 Å². The van der Waals surface area contributed by atoms with E-state index in [-0.39, 0.29) is 18.1 Å². The number of amides is 1. The Morgan fingerprint density at radius 2 is 1.96 bits per heavy atom. The molecule has 0 aromatic rings. The molecule has 0 bridgehead atoms. The quantitative estimate of drug-likeness (QED) is 0.682. The Morgan fingerprint density at radius 3 is 2.42 bits per heavy atom. The van der Waals surface area contributed by atoms with E-state index in [1.165, 1.54) is 0 Å². The summed E-state index contributed by atoms with van der Waals surface area (Å²) in [5, 5.41) is 12.0. The van der Waals surface area contributed by atoms with Crippen molar-refractivity contribution in [1.82, 2.24) is 5.32 Å². The fraction of sp³-hybridized carbons (Fsp3) is 0.765. The van der Waals surface area contributed by atoms with Gasteiger partial charge in [-0.2, -0.15) is 0 Å². The molecule has 0 heterocycles. The predicted molar refractivity (Wildman–Crippen MR) is 90.7 cm³/mol. The molecule has 3 atom stereocenters. The fourth-order valence-corrected chi connectivity index (χ4v) is 2.58. The smallest absolute Gasteiger partial charge is 0.407 e. The number of carbonyl (C=O) groups is 2. The van der Waals surface area contributed by atoms with Gasteiger partial charge >= 0.3 is 12.1 Å². The van der Waals surface area contributed by atoms with Crippen LogP contribution in [0.3, 0.4) is 0 Å². The molecule has 1 aliphatic rings. The zero-order valence-corrected chi connectivity index (χ0v) is 15.2. The van der Waals surface area contributed by atoms with Gasteiger partial charge in [0.1, 0.15) is 5.60 Å². The van der Waals surface area contributed by atoms with Gasteiger partial charge in [-0.1, -0.05) is 13.8 Å². The number of carboxylic acids is 1. The normalized spacial score (nSPS) is 24.5. The van der Waals surface area contributed by atoms with Crippen molar-refractivity contribution in [2.75, 3.05) is 0 Å². The second-order valence-electron chi connectivity index (χ2n) is 7.07. The minimum atomic E-state index is -1.03. The van der Waals surface area contributed by atoms with Crippen molar-refractivity contribution in [3.8, 4) is 0 Å². The first-order valence-corrected chi connectivity index (χ1v) is 8.41. The Hall–Kier alpha value is -1.60. The molecule has 0 spiro atoms. The highest BCUT2D eigenvalue weighted by molar-refractivity contribution is 5.87. The van der Waals surface area contributed by atoms with E-state index in [2.05, 4.69) is 5.32 Å². The zero-order valence-electron chi connectivity index (χ0n) is 15.2. The molecule has 0 saturated heterocycles. The van der Waals surface area contributed by atoms with E-state index in [1.54, 1.807) is 26.8 Å². The fourth-order valence-electron chi connectivity index (χ4n) is 2.58. The highest BCUT2D eigenvalue weighted by atomic mass is 16.6. The molecule has 1 amide bonds. The third-order valence-corrected chi connectivity index (χ3v) is 3.89. The molecule has 0 aromatic carbocycles. The first kappa shape index (κ1) is 20.4. The Morgan fingerprint density at radius 1 is 1.38 bits per heavy atom. The van der Waals surface area contributed by atoms with Gasteiger partial charge < -0.3 is 25.6 Å². The van der Waals surface area contributed by atoms with E-state index < -0.39 is 35.9 Å². The molecule has 0 aromatic heterocycles. The number of carboxylic acid groups (broad SMARTS) is 1. The maximum absolute atomic E-state index is 12.0. The summed E-state index contributed by atoms with van der Waals surface area (Å²) in [4.78, 5) is 23.4. The van der Waals surface area contributed by atoms with Crippen molar-refractivity contribution < 1.29 is 24.2 Å². The Kier molecular flexibility index (Phi) is 7.23. The summed E-state index contributed by atoms with van der Waals surface area (Å²) in [7, 11) is 0. The molecule has 0 aliphatic heterocycles. The van der Waals surface area contributed by atoms with Gasteiger partial charge in [0.2, 0.25) is 0 Å². The monoisotopic (exact) mass is 342 g/mol. The van der Waals surface area contributed by atoms with Crippen LogP contribution < -0.4 is 11.1 Å². The van der Waals surface area contributed by atoms with E-state index in [0.717, 1.165) is 12.8 Å². The number of rotatable bonds is 6. The lowest BCUT2D eigenvalue weighted by molar-refractivity contribution is -0.133. The summed E-state index contributed by atoms with van der Waals surface area (Å²) in [6.45, 7) is 9.28. The number of hydrogen-bond donors (Lipinski definition) is 3. The van der Waals surface area contributed by atoms with Gasteiger partial charge in [-0.05, 0) is 39.7 Å². The van der Waals surface area contributed by atoms with Crippen molar-refractivity contribution in [3.63, 3.8) is 0 Å². The van der Waals surface area contributed by atoms with Gasteiger partial charge in [0.15, 0.2) is 0 Å². The van der Waals surface area contributed by atoms with E-state index in [1.807, 2.05) is 13.8 Å². The number of nitrogens with one attached hydrogen (secondary N) is 1. The second-order valence-corrected chi connectivity index (χ2v) is 7.07. The maximum Gasteiger partial charge on any atom is 0.407 e. The van der Waals surface area contributed by atoms with E-state index >= 15 is 0 Å². The predicted octanol–water partition coefficient (Wildman–Crippen LogP) is 2.20. The highest BCUT2D eigenvalue weighted by Crippen LogP contribution is 2.23. The molecule has 0 radical (unpaired) electrons. The van der Waals surface area contributed by atoms with Crippen LogP contribution in [-0.4, -0.2) is 47.1 Å². The Labute approximate surface area is 143 Å². The number of alkyl carbamates (subject to hydrolysis) is 1. The molecule has 1 aliphatic carbocycles. The van der Waals surface area contributed by atoms with Gasteiger partial charge in [-0.3, -0.25) is 0 Å². The van der Waals surface area contributed by atoms with Gasteiger partial charge in [0, 0.05) is 12.0 Å². The van der Waals surface area contributed by atoms with Crippen LogP contribution in [0.25, 0.3) is 0 Å². The lowest BCUT2D eigenvalue weighted by atomic mass is 9.88. The third kappa shape index (κ3) is 6.13. The number of hydrogen-bond acceptors (Lipinski definition) is 5. The lowest BCUT2D eigenvalue weighted by Gasteiger charge is -2.36. The van der Waals surface area contributed by atoms with Gasteiger partial charge in [0.25, 0.3) is 0 Å². The summed E-state index contributed by atoms with van der Waals surface area (Å²) >= 11 is 0. The number of nitrogens with two attached hydrogens (primary N) is 1. The van der Waals surface area contributed by atoms with E-state index in [0.29, 0.717) is 0 Å². The summed E-state index contributed by atoms with van der Waals surface area (Å²) < 4.78 is 11.2. The zero-order chi connectivity index (χ0) is 18.5. The van der Waals surface area contributed by atoms with Crippen molar-refractivity contribution in [2.24, 2.45) is 5.73 Å². The minimum absolute atomic E-state index is 0.00683. The van der Waals surface area contributed by atoms with E-state index in [4.69, 9.17) is 15.2 Å². The molecule has 7 heteroatoms. The summed E-state index contributed by atoms with van der Waals surface area (Å²) in [5.41, 5.74) is 5.77. The van der Waals surface area contributed by atoms with Gasteiger partial charge in [-0.15, -0.1) is 0 Å². The van der Waals surface area contributed by atoms with Crippen molar-refractivity contribution in [2.45, 2.75) is 83.8 Å².